The van der Waals surface area contributed by atoms with E-state index in [0.717, 1.165) is 21.9 Å². The standard InChI is InChI=1S/C38H51N3O6/c1-37(2,3)47-36(45)41(8)38(4,5)22-13-18-34(43)40(7)32(27-28-19-20-29-14-9-10-16-31(29)26-28)35(44)39(6)23-21-30-15-11-12-17-33(30)46-25-24-42/h9-20,26,32,42H,21-25,27H2,1-8H3/b18-13+/t32-/m1/s1. The molecular formula is C38H51N3O6. The van der Waals surface area contributed by atoms with E-state index in [1.807, 2.05) is 95.3 Å². The van der Waals surface area contributed by atoms with Crippen LogP contribution in [0.5, 0.6) is 5.75 Å². The van der Waals surface area contributed by atoms with Crippen LogP contribution in [0.1, 0.15) is 52.2 Å². The minimum absolute atomic E-state index is 0.0874. The number of ether oxygens (including phenoxy) is 2. The zero-order valence-corrected chi connectivity index (χ0v) is 29.2. The lowest BCUT2D eigenvalue weighted by atomic mass is 9.98. The highest BCUT2D eigenvalue weighted by molar-refractivity contribution is 5.93. The van der Waals surface area contributed by atoms with Gasteiger partial charge in [-0.25, -0.2) is 4.79 Å². The molecule has 0 fully saturated rings. The number of aliphatic hydroxyl groups is 1. The van der Waals surface area contributed by atoms with Gasteiger partial charge in [-0.2, -0.15) is 0 Å². The van der Waals surface area contributed by atoms with Gasteiger partial charge in [0.1, 0.15) is 24.0 Å². The van der Waals surface area contributed by atoms with E-state index >= 15 is 0 Å². The second kappa shape index (κ2) is 16.5. The largest absolute Gasteiger partial charge is 0.491 e. The van der Waals surface area contributed by atoms with Gasteiger partial charge in [-0.05, 0) is 81.5 Å². The molecule has 47 heavy (non-hydrogen) atoms. The van der Waals surface area contributed by atoms with Crippen molar-refractivity contribution >= 4 is 28.7 Å². The van der Waals surface area contributed by atoms with Gasteiger partial charge in [0.2, 0.25) is 11.8 Å². The Labute approximate surface area is 279 Å². The predicted molar refractivity (Wildman–Crippen MR) is 186 cm³/mol. The molecule has 0 bridgehead atoms. The van der Waals surface area contributed by atoms with Gasteiger partial charge in [0, 0.05) is 39.6 Å². The highest BCUT2D eigenvalue weighted by Crippen LogP contribution is 2.23. The highest BCUT2D eigenvalue weighted by atomic mass is 16.6. The Kier molecular flexibility index (Phi) is 13.0. The monoisotopic (exact) mass is 645 g/mol. The predicted octanol–water partition coefficient (Wildman–Crippen LogP) is 5.87. The molecule has 9 nitrogen and oxygen atoms in total. The maximum absolute atomic E-state index is 14.0. The molecule has 3 aromatic rings. The quantitative estimate of drug-likeness (QED) is 0.220. The molecule has 1 N–H and O–H groups in total. The number of carbonyl (C=O) groups is 3. The molecule has 1 atom stereocenters. The second-order valence-corrected chi connectivity index (χ2v) is 13.5. The average molecular weight is 646 g/mol. The van der Waals surface area contributed by atoms with Gasteiger partial charge in [-0.1, -0.05) is 66.7 Å². The summed E-state index contributed by atoms with van der Waals surface area (Å²) < 4.78 is 11.2. The molecule has 254 valence electrons. The number of benzene rings is 3. The number of hydrogen-bond acceptors (Lipinski definition) is 6. The van der Waals surface area contributed by atoms with E-state index < -0.39 is 23.3 Å². The first kappa shape index (κ1) is 37.1. The van der Waals surface area contributed by atoms with Crippen molar-refractivity contribution in [1.29, 1.82) is 0 Å². The molecule has 9 heteroatoms. The van der Waals surface area contributed by atoms with Gasteiger partial charge in [0.05, 0.1) is 6.61 Å². The number of aliphatic hydroxyl groups excluding tert-OH is 1. The third kappa shape index (κ3) is 10.8. The van der Waals surface area contributed by atoms with E-state index in [0.29, 0.717) is 31.6 Å². The number of carbonyl (C=O) groups excluding carboxylic acids is 3. The molecule has 0 aliphatic carbocycles. The van der Waals surface area contributed by atoms with E-state index in [4.69, 9.17) is 9.47 Å². The summed E-state index contributed by atoms with van der Waals surface area (Å²) in [6.07, 6.45) is 4.07. The Hall–Kier alpha value is -4.37. The molecule has 0 heterocycles. The summed E-state index contributed by atoms with van der Waals surface area (Å²) in [5.74, 6) is 0.185. The second-order valence-electron chi connectivity index (χ2n) is 13.5. The van der Waals surface area contributed by atoms with E-state index in [9.17, 15) is 19.5 Å². The smallest absolute Gasteiger partial charge is 0.410 e. The summed E-state index contributed by atoms with van der Waals surface area (Å²) in [5, 5.41) is 11.4. The maximum atomic E-state index is 14.0. The van der Waals surface area contributed by atoms with Crippen LogP contribution in [0.25, 0.3) is 10.8 Å². The summed E-state index contributed by atoms with van der Waals surface area (Å²) in [7, 11) is 5.08. The molecular weight excluding hydrogens is 594 g/mol. The SMILES string of the molecule is CN(CCc1ccccc1OCCO)C(=O)[C@@H](Cc1ccc2ccccc2c1)N(C)C(=O)/C=C/CC(C)(C)N(C)C(=O)OC(C)(C)C. The van der Waals surface area contributed by atoms with Crippen molar-refractivity contribution in [3.63, 3.8) is 0 Å². The van der Waals surface area contributed by atoms with Crippen molar-refractivity contribution in [2.45, 2.75) is 71.1 Å². The van der Waals surface area contributed by atoms with Crippen molar-refractivity contribution in [2.75, 3.05) is 40.9 Å². The van der Waals surface area contributed by atoms with E-state index in [1.165, 1.54) is 15.9 Å². The lowest BCUT2D eigenvalue weighted by Gasteiger charge is -2.36. The molecule has 3 aromatic carbocycles. The summed E-state index contributed by atoms with van der Waals surface area (Å²) in [6.45, 7) is 9.78. The number of nitrogens with zero attached hydrogens (tertiary/aromatic N) is 3. The topological polar surface area (TPSA) is 99.6 Å². The van der Waals surface area contributed by atoms with Gasteiger partial charge >= 0.3 is 6.09 Å². The van der Waals surface area contributed by atoms with Crippen LogP contribution in [-0.2, 0) is 27.2 Å². The van der Waals surface area contributed by atoms with Crippen molar-refractivity contribution in [1.82, 2.24) is 14.7 Å². The molecule has 0 saturated carbocycles. The number of fused-ring (bicyclic) bond motifs is 1. The van der Waals surface area contributed by atoms with Gasteiger partial charge in [0.15, 0.2) is 0 Å². The number of hydrogen-bond donors (Lipinski definition) is 1. The molecule has 0 spiro atoms. The molecule has 0 saturated heterocycles. The Morgan fingerprint density at radius 3 is 2.23 bits per heavy atom. The molecule has 0 aromatic heterocycles. The van der Waals surface area contributed by atoms with Crippen molar-refractivity contribution < 1.29 is 29.0 Å². The Balaban J connectivity index is 1.79. The molecule has 3 rings (SSSR count). The lowest BCUT2D eigenvalue weighted by Crippen LogP contribution is -2.49. The van der Waals surface area contributed by atoms with Crippen LogP contribution >= 0.6 is 0 Å². The maximum Gasteiger partial charge on any atom is 0.410 e. The Morgan fingerprint density at radius 2 is 1.55 bits per heavy atom. The normalized spacial score (nSPS) is 12.5. The van der Waals surface area contributed by atoms with Gasteiger partial charge < -0.3 is 29.3 Å². The van der Waals surface area contributed by atoms with E-state index in [1.54, 1.807) is 32.1 Å². The van der Waals surface area contributed by atoms with Crippen LogP contribution in [0.4, 0.5) is 4.79 Å². The first-order chi connectivity index (χ1) is 22.1. The third-order valence-corrected chi connectivity index (χ3v) is 8.21. The zero-order chi connectivity index (χ0) is 34.8. The first-order valence-electron chi connectivity index (χ1n) is 16.1. The average Bonchev–Trinajstić information content (AvgIpc) is 3.03. The lowest BCUT2D eigenvalue weighted by molar-refractivity contribution is -0.141. The van der Waals surface area contributed by atoms with Gasteiger partial charge in [-0.15, -0.1) is 0 Å². The Bertz CT molecular complexity index is 1540. The minimum atomic E-state index is -0.753. The van der Waals surface area contributed by atoms with Crippen LogP contribution in [0.2, 0.25) is 0 Å². The summed E-state index contributed by atoms with van der Waals surface area (Å²) in [6, 6.07) is 21.0. The molecule has 0 radical (unpaired) electrons. The van der Waals surface area contributed by atoms with Crippen molar-refractivity contribution in [3.05, 3.63) is 90.0 Å². The van der Waals surface area contributed by atoms with Gasteiger partial charge in [0.25, 0.3) is 0 Å². The summed E-state index contributed by atoms with van der Waals surface area (Å²) in [5.41, 5.74) is 0.641. The fourth-order valence-corrected chi connectivity index (χ4v) is 5.07. The number of para-hydroxylation sites is 1. The van der Waals surface area contributed by atoms with Crippen LogP contribution < -0.4 is 4.74 Å². The number of rotatable bonds is 14. The first-order valence-corrected chi connectivity index (χ1v) is 16.1. The number of amides is 3. The number of likely N-dealkylation sites (N-methyl/N-ethyl adjacent to an activating group) is 2. The van der Waals surface area contributed by atoms with Crippen LogP contribution in [-0.4, -0.2) is 95.8 Å². The molecule has 3 amide bonds. The molecule has 0 aliphatic rings. The van der Waals surface area contributed by atoms with Crippen LogP contribution in [0, 0.1) is 0 Å². The summed E-state index contributed by atoms with van der Waals surface area (Å²) >= 11 is 0. The van der Waals surface area contributed by atoms with E-state index in [2.05, 4.69) is 6.07 Å². The van der Waals surface area contributed by atoms with Crippen LogP contribution in [0.15, 0.2) is 78.9 Å². The van der Waals surface area contributed by atoms with Gasteiger partial charge in [-0.3, -0.25) is 9.59 Å². The molecule has 0 aliphatic heterocycles. The van der Waals surface area contributed by atoms with Crippen molar-refractivity contribution in [2.24, 2.45) is 0 Å². The highest BCUT2D eigenvalue weighted by Gasteiger charge is 2.31. The minimum Gasteiger partial charge on any atom is -0.491 e. The zero-order valence-electron chi connectivity index (χ0n) is 29.2. The van der Waals surface area contributed by atoms with Crippen molar-refractivity contribution in [3.8, 4) is 5.75 Å². The Morgan fingerprint density at radius 1 is 0.894 bits per heavy atom. The molecule has 0 unspecified atom stereocenters. The van der Waals surface area contributed by atoms with Crippen LogP contribution in [0.3, 0.4) is 0 Å². The fourth-order valence-electron chi connectivity index (χ4n) is 5.07. The van der Waals surface area contributed by atoms with E-state index in [-0.39, 0.29) is 25.0 Å². The summed E-state index contributed by atoms with van der Waals surface area (Å²) in [4.78, 5) is 44.9. The third-order valence-electron chi connectivity index (χ3n) is 8.21. The fraction of sp³-hybridized carbons (Fsp3) is 0.447.